The van der Waals surface area contributed by atoms with Crippen LogP contribution in [0.2, 0.25) is 0 Å². The predicted octanol–water partition coefficient (Wildman–Crippen LogP) is 0.690. The average Bonchev–Trinajstić information content (AvgIpc) is 2.96. The van der Waals surface area contributed by atoms with E-state index in [0.717, 1.165) is 30.9 Å². The molecule has 0 radical (unpaired) electrons. The molecule has 0 saturated carbocycles. The van der Waals surface area contributed by atoms with Crippen molar-refractivity contribution in [3.05, 3.63) is 30.2 Å². The van der Waals surface area contributed by atoms with Crippen molar-refractivity contribution in [1.29, 1.82) is 0 Å². The van der Waals surface area contributed by atoms with Gasteiger partial charge in [-0.05, 0) is 31.0 Å². The van der Waals surface area contributed by atoms with Crippen LogP contribution < -0.4 is 5.32 Å². The number of imidazole rings is 1. The van der Waals surface area contributed by atoms with Crippen LogP contribution in [-0.2, 0) is 0 Å². The Morgan fingerprint density at radius 2 is 2.50 bits per heavy atom. The van der Waals surface area contributed by atoms with Crippen molar-refractivity contribution in [2.24, 2.45) is 5.92 Å². The van der Waals surface area contributed by atoms with E-state index in [1.54, 1.807) is 16.9 Å². The number of aromatic nitrogens is 3. The summed E-state index contributed by atoms with van der Waals surface area (Å²) in [6.45, 7) is 2.07. The average molecular weight is 212 g/mol. The zero-order valence-electron chi connectivity index (χ0n) is 8.85. The third-order valence-corrected chi connectivity index (χ3v) is 2.74. The van der Waals surface area contributed by atoms with Crippen molar-refractivity contribution in [2.45, 2.75) is 6.42 Å². The lowest BCUT2D eigenvalue weighted by atomic mass is 10.1. The van der Waals surface area contributed by atoms with E-state index >= 15 is 0 Å². The quantitative estimate of drug-likeness (QED) is 0.653. The first kappa shape index (κ1) is 9.37. The number of hydrogen-bond donors (Lipinski definition) is 1. The Morgan fingerprint density at radius 3 is 3.38 bits per heavy atom. The summed E-state index contributed by atoms with van der Waals surface area (Å²) in [6, 6.07) is 3.80. The molecular weight excluding hydrogens is 200 g/mol. The van der Waals surface area contributed by atoms with Crippen LogP contribution in [0.25, 0.3) is 5.65 Å². The molecule has 1 N–H and O–H groups in total. The topological polar surface area (TPSA) is 42.2 Å². The van der Waals surface area contributed by atoms with Crippen LogP contribution >= 0.6 is 0 Å². The van der Waals surface area contributed by atoms with Crippen LogP contribution in [0.3, 0.4) is 0 Å². The van der Waals surface area contributed by atoms with Gasteiger partial charge < -0.3 is 5.32 Å². The summed E-state index contributed by atoms with van der Waals surface area (Å²) < 4.78 is 1.77. The summed E-state index contributed by atoms with van der Waals surface area (Å²) in [6.07, 6.45) is 4.66. The van der Waals surface area contributed by atoms with Crippen molar-refractivity contribution in [3.8, 4) is 11.8 Å². The molecule has 0 bridgehead atoms. The minimum absolute atomic E-state index is 0.467. The SMILES string of the molecule is C(#CC1CCNC1)c1cnc2cccnn12. The summed E-state index contributed by atoms with van der Waals surface area (Å²) >= 11 is 0. The van der Waals surface area contributed by atoms with Crippen LogP contribution in [0.4, 0.5) is 0 Å². The molecule has 4 heteroatoms. The van der Waals surface area contributed by atoms with Gasteiger partial charge in [0, 0.05) is 18.7 Å². The van der Waals surface area contributed by atoms with Crippen LogP contribution in [0, 0.1) is 17.8 Å². The fraction of sp³-hybridized carbons (Fsp3) is 0.333. The highest BCUT2D eigenvalue weighted by atomic mass is 15.2. The van der Waals surface area contributed by atoms with E-state index in [-0.39, 0.29) is 0 Å². The van der Waals surface area contributed by atoms with Gasteiger partial charge in [0.2, 0.25) is 0 Å². The van der Waals surface area contributed by atoms with E-state index < -0.39 is 0 Å². The molecule has 1 saturated heterocycles. The number of rotatable bonds is 0. The van der Waals surface area contributed by atoms with Crippen LogP contribution in [-0.4, -0.2) is 27.7 Å². The van der Waals surface area contributed by atoms with Crippen molar-refractivity contribution >= 4 is 5.65 Å². The Morgan fingerprint density at radius 1 is 1.50 bits per heavy atom. The van der Waals surface area contributed by atoms with Crippen LogP contribution in [0.15, 0.2) is 24.5 Å². The summed E-state index contributed by atoms with van der Waals surface area (Å²) in [5.74, 6) is 6.89. The predicted molar refractivity (Wildman–Crippen MR) is 60.8 cm³/mol. The highest BCUT2D eigenvalue weighted by Crippen LogP contribution is 2.07. The number of nitrogens with zero attached hydrogens (tertiary/aromatic N) is 3. The third-order valence-electron chi connectivity index (χ3n) is 2.74. The molecule has 1 aliphatic heterocycles. The lowest BCUT2D eigenvalue weighted by molar-refractivity contribution is 0.754. The largest absolute Gasteiger partial charge is 0.315 e. The first-order chi connectivity index (χ1) is 7.93. The van der Waals surface area contributed by atoms with E-state index in [1.165, 1.54) is 0 Å². The molecule has 1 unspecified atom stereocenters. The zero-order valence-corrected chi connectivity index (χ0v) is 8.85. The monoisotopic (exact) mass is 212 g/mol. The second-order valence-electron chi connectivity index (χ2n) is 3.90. The van der Waals surface area contributed by atoms with Gasteiger partial charge in [-0.15, -0.1) is 0 Å². The maximum absolute atomic E-state index is 4.25. The Kier molecular flexibility index (Phi) is 2.31. The molecule has 1 atom stereocenters. The summed E-state index contributed by atoms with van der Waals surface area (Å²) in [5.41, 5.74) is 1.71. The summed E-state index contributed by atoms with van der Waals surface area (Å²) in [5, 5.41) is 7.52. The fourth-order valence-electron chi connectivity index (χ4n) is 1.87. The molecule has 2 aromatic heterocycles. The minimum Gasteiger partial charge on any atom is -0.315 e. The molecule has 1 aliphatic rings. The Balaban J connectivity index is 1.94. The smallest absolute Gasteiger partial charge is 0.154 e. The lowest BCUT2D eigenvalue weighted by Gasteiger charge is -1.94. The van der Waals surface area contributed by atoms with Gasteiger partial charge in [-0.2, -0.15) is 5.10 Å². The van der Waals surface area contributed by atoms with Gasteiger partial charge in [-0.25, -0.2) is 9.50 Å². The maximum Gasteiger partial charge on any atom is 0.154 e. The molecule has 80 valence electrons. The molecule has 0 amide bonds. The molecule has 3 heterocycles. The van der Waals surface area contributed by atoms with Crippen LogP contribution in [0.5, 0.6) is 0 Å². The van der Waals surface area contributed by atoms with Gasteiger partial charge in [0.1, 0.15) is 5.69 Å². The van der Waals surface area contributed by atoms with Crippen molar-refractivity contribution in [2.75, 3.05) is 13.1 Å². The molecule has 0 aromatic carbocycles. The molecule has 1 fully saturated rings. The van der Waals surface area contributed by atoms with Gasteiger partial charge in [-0.1, -0.05) is 5.92 Å². The second-order valence-corrected chi connectivity index (χ2v) is 3.90. The minimum atomic E-state index is 0.467. The van der Waals surface area contributed by atoms with Gasteiger partial charge in [-0.3, -0.25) is 0 Å². The van der Waals surface area contributed by atoms with Crippen LogP contribution in [0.1, 0.15) is 12.1 Å². The first-order valence-electron chi connectivity index (χ1n) is 5.44. The lowest BCUT2D eigenvalue weighted by Crippen LogP contribution is -2.07. The van der Waals surface area contributed by atoms with Crippen molar-refractivity contribution < 1.29 is 0 Å². The van der Waals surface area contributed by atoms with Gasteiger partial charge in [0.05, 0.1) is 6.20 Å². The van der Waals surface area contributed by atoms with Gasteiger partial charge >= 0.3 is 0 Å². The van der Waals surface area contributed by atoms with E-state index in [4.69, 9.17) is 0 Å². The van der Waals surface area contributed by atoms with E-state index in [9.17, 15) is 0 Å². The fourth-order valence-corrected chi connectivity index (χ4v) is 1.87. The van der Waals surface area contributed by atoms with E-state index in [0.29, 0.717) is 5.92 Å². The molecule has 2 aromatic rings. The molecule has 16 heavy (non-hydrogen) atoms. The normalized spacial score (nSPS) is 19.6. The van der Waals surface area contributed by atoms with E-state index in [1.807, 2.05) is 12.1 Å². The van der Waals surface area contributed by atoms with Gasteiger partial charge in [0.25, 0.3) is 0 Å². The Labute approximate surface area is 93.7 Å². The summed E-state index contributed by atoms with van der Waals surface area (Å²) in [7, 11) is 0. The number of hydrogen-bond acceptors (Lipinski definition) is 3. The third kappa shape index (κ3) is 1.66. The molecule has 0 spiro atoms. The van der Waals surface area contributed by atoms with E-state index in [2.05, 4.69) is 27.2 Å². The number of fused-ring (bicyclic) bond motifs is 1. The summed E-state index contributed by atoms with van der Waals surface area (Å²) in [4.78, 5) is 4.25. The highest BCUT2D eigenvalue weighted by molar-refractivity contribution is 5.42. The standard InChI is InChI=1S/C12H12N4/c1-2-12-14-9-11(16(12)15-6-1)4-3-10-5-7-13-8-10/h1-2,6,9-10,13H,5,7-8H2. The van der Waals surface area contributed by atoms with Gasteiger partial charge in [0.15, 0.2) is 5.65 Å². The molecule has 4 nitrogen and oxygen atoms in total. The Hall–Kier alpha value is -1.86. The Bertz CT molecular complexity index is 555. The molecular formula is C12H12N4. The first-order valence-corrected chi connectivity index (χ1v) is 5.44. The number of nitrogens with one attached hydrogen (secondary N) is 1. The molecule has 0 aliphatic carbocycles. The van der Waals surface area contributed by atoms with Crippen molar-refractivity contribution in [1.82, 2.24) is 19.9 Å². The zero-order chi connectivity index (χ0) is 10.8. The highest BCUT2D eigenvalue weighted by Gasteiger charge is 2.10. The maximum atomic E-state index is 4.25. The van der Waals surface area contributed by atoms with Crippen molar-refractivity contribution in [3.63, 3.8) is 0 Å². The second kappa shape index (κ2) is 3.95. The molecule has 3 rings (SSSR count).